The molecule has 9 heteroatoms. The van der Waals surface area contributed by atoms with Crippen molar-refractivity contribution in [2.24, 2.45) is 28.6 Å². The van der Waals surface area contributed by atoms with Crippen LogP contribution in [0.25, 0.3) is 0 Å². The number of ketones is 1. The van der Waals surface area contributed by atoms with Crippen LogP contribution in [0.5, 0.6) is 0 Å². The molecule has 0 spiro atoms. The van der Waals surface area contributed by atoms with E-state index in [1.54, 1.807) is 6.92 Å². The predicted octanol–water partition coefficient (Wildman–Crippen LogP) is 6.16. The Morgan fingerprint density at radius 2 is 1.59 bits per heavy atom. The fourth-order valence-electron chi connectivity index (χ4n) is 7.38. The Labute approximate surface area is 218 Å². The Balaban J connectivity index is 1.56. The quantitative estimate of drug-likeness (QED) is 0.201. The first-order valence-corrected chi connectivity index (χ1v) is 14.6. The first-order chi connectivity index (χ1) is 17.1. The standard InChI is InChI=1S/C28H38F2O6S/c1-6-28(18(3)31,16-35-37(33,34)23-8-17(2)7-22(12-23)24(29)30)25(32)36-26(4,5)27-13-19-9-20(14-27)11-21(10-19)15-27/h7-8,12,19-21,24H,6,9-11,13-16H2,1-5H3. The number of carbonyl (C=O) groups excluding carboxylic acids is 2. The third-order valence-corrected chi connectivity index (χ3v) is 10.6. The van der Waals surface area contributed by atoms with E-state index in [2.05, 4.69) is 0 Å². The summed E-state index contributed by atoms with van der Waals surface area (Å²) in [5, 5.41) is 0. The lowest BCUT2D eigenvalue weighted by Gasteiger charge is -2.61. The summed E-state index contributed by atoms with van der Waals surface area (Å²) in [7, 11) is -4.52. The number of halogens is 2. The van der Waals surface area contributed by atoms with Crippen molar-refractivity contribution >= 4 is 21.9 Å². The average molecular weight is 541 g/mol. The minimum absolute atomic E-state index is 0.0241. The molecule has 206 valence electrons. The smallest absolute Gasteiger partial charge is 0.322 e. The summed E-state index contributed by atoms with van der Waals surface area (Å²) in [4.78, 5) is 26.1. The van der Waals surface area contributed by atoms with Gasteiger partial charge in [0, 0.05) is 11.0 Å². The zero-order valence-electron chi connectivity index (χ0n) is 22.3. The predicted molar refractivity (Wildman–Crippen MR) is 133 cm³/mol. The lowest BCUT2D eigenvalue weighted by atomic mass is 9.46. The monoisotopic (exact) mass is 540 g/mol. The summed E-state index contributed by atoms with van der Waals surface area (Å²) < 4.78 is 63.7. The lowest BCUT2D eigenvalue weighted by Crippen LogP contribution is -2.59. The summed E-state index contributed by atoms with van der Waals surface area (Å²) >= 11 is 0. The largest absolute Gasteiger partial charge is 0.458 e. The Hall–Kier alpha value is -1.87. The van der Waals surface area contributed by atoms with Gasteiger partial charge in [-0.1, -0.05) is 13.0 Å². The van der Waals surface area contributed by atoms with Crippen LogP contribution in [0.3, 0.4) is 0 Å². The molecule has 0 radical (unpaired) electrons. The maximum absolute atomic E-state index is 13.7. The van der Waals surface area contributed by atoms with Crippen LogP contribution in [-0.2, 0) is 28.6 Å². The van der Waals surface area contributed by atoms with Gasteiger partial charge in [0.1, 0.15) is 11.4 Å². The van der Waals surface area contributed by atoms with Crippen LogP contribution in [0.15, 0.2) is 23.1 Å². The summed E-state index contributed by atoms with van der Waals surface area (Å²) in [6.45, 7) is 7.40. The van der Waals surface area contributed by atoms with Crippen LogP contribution in [0, 0.1) is 35.5 Å². The van der Waals surface area contributed by atoms with E-state index in [9.17, 15) is 26.8 Å². The number of carbonyl (C=O) groups is 2. The molecule has 0 aliphatic heterocycles. The number of ether oxygens (including phenoxy) is 1. The fraction of sp³-hybridized carbons (Fsp3) is 0.714. The number of rotatable bonds is 10. The van der Waals surface area contributed by atoms with E-state index in [1.807, 2.05) is 13.8 Å². The number of hydrogen-bond acceptors (Lipinski definition) is 6. The van der Waals surface area contributed by atoms with Crippen LogP contribution in [0.1, 0.15) is 90.2 Å². The number of hydrogen-bond donors (Lipinski definition) is 0. The molecule has 4 fully saturated rings. The number of esters is 1. The van der Waals surface area contributed by atoms with Gasteiger partial charge in [-0.25, -0.2) is 8.78 Å². The molecule has 1 unspecified atom stereocenters. The number of aryl methyl sites for hydroxylation is 1. The molecular formula is C28H38F2O6S. The van der Waals surface area contributed by atoms with E-state index in [0.717, 1.165) is 25.3 Å². The van der Waals surface area contributed by atoms with Crippen LogP contribution >= 0.6 is 0 Å². The zero-order chi connectivity index (χ0) is 27.4. The third-order valence-electron chi connectivity index (χ3n) is 9.41. The van der Waals surface area contributed by atoms with Gasteiger partial charge in [-0.3, -0.25) is 13.8 Å². The van der Waals surface area contributed by atoms with Crippen molar-refractivity contribution in [3.63, 3.8) is 0 Å². The van der Waals surface area contributed by atoms with Gasteiger partial charge in [0.05, 0.1) is 11.5 Å². The molecule has 4 aliphatic rings. The van der Waals surface area contributed by atoms with Crippen molar-refractivity contribution in [2.75, 3.05) is 6.61 Å². The highest BCUT2D eigenvalue weighted by atomic mass is 32.2. The maximum atomic E-state index is 13.7. The number of benzene rings is 1. The molecule has 4 aliphatic carbocycles. The summed E-state index contributed by atoms with van der Waals surface area (Å²) in [6.07, 6.45) is 3.77. The van der Waals surface area contributed by atoms with Gasteiger partial charge in [0.15, 0.2) is 5.41 Å². The van der Waals surface area contributed by atoms with E-state index >= 15 is 0 Å². The van der Waals surface area contributed by atoms with Gasteiger partial charge >= 0.3 is 5.97 Å². The highest BCUT2D eigenvalue weighted by Gasteiger charge is 2.60. The molecule has 4 saturated carbocycles. The van der Waals surface area contributed by atoms with Crippen molar-refractivity contribution in [1.82, 2.24) is 0 Å². The normalized spacial score (nSPS) is 28.8. The van der Waals surface area contributed by atoms with Crippen molar-refractivity contribution in [3.05, 3.63) is 29.3 Å². The summed E-state index contributed by atoms with van der Waals surface area (Å²) in [5.74, 6) is 0.543. The zero-order valence-corrected chi connectivity index (χ0v) is 23.1. The Kier molecular flexibility index (Phi) is 7.38. The molecule has 1 atom stereocenters. The Bertz CT molecular complexity index is 1140. The molecule has 5 rings (SSSR count). The van der Waals surface area contributed by atoms with Crippen LogP contribution in [0.4, 0.5) is 8.78 Å². The second-order valence-corrected chi connectivity index (χ2v) is 13.8. The molecule has 1 aromatic carbocycles. The second-order valence-electron chi connectivity index (χ2n) is 12.2. The van der Waals surface area contributed by atoms with Crippen LogP contribution in [0.2, 0.25) is 0 Å². The summed E-state index contributed by atoms with van der Waals surface area (Å²) in [6, 6.07) is 3.26. The van der Waals surface area contributed by atoms with Gasteiger partial charge in [-0.2, -0.15) is 8.42 Å². The fourth-order valence-corrected chi connectivity index (χ4v) is 8.48. The molecule has 0 amide bonds. The van der Waals surface area contributed by atoms with E-state index in [4.69, 9.17) is 8.92 Å². The topological polar surface area (TPSA) is 86.7 Å². The number of Topliss-reactive ketones (excluding diaryl/α,β-unsaturated/α-hetero) is 1. The molecule has 1 aromatic rings. The lowest BCUT2D eigenvalue weighted by molar-refractivity contribution is -0.208. The molecule has 6 nitrogen and oxygen atoms in total. The number of alkyl halides is 2. The molecule has 4 bridgehead atoms. The van der Waals surface area contributed by atoms with E-state index in [1.165, 1.54) is 45.2 Å². The third kappa shape index (κ3) is 5.10. The molecule has 0 N–H and O–H groups in total. The average Bonchev–Trinajstić information content (AvgIpc) is 2.77. The minimum Gasteiger partial charge on any atom is -0.458 e. The van der Waals surface area contributed by atoms with E-state index in [0.29, 0.717) is 23.3 Å². The van der Waals surface area contributed by atoms with E-state index in [-0.39, 0.29) is 11.8 Å². The van der Waals surface area contributed by atoms with Crippen molar-refractivity contribution in [2.45, 2.75) is 96.5 Å². The highest BCUT2D eigenvalue weighted by Crippen LogP contribution is 2.64. The molecule has 0 saturated heterocycles. The molecular weight excluding hydrogens is 502 g/mol. The van der Waals surface area contributed by atoms with Gasteiger partial charge in [-0.05, 0) is 108 Å². The SMILES string of the molecule is CCC(COS(=O)(=O)c1cc(C)cc(C(F)F)c1)(C(C)=O)C(=O)OC(C)(C)C12CC3CC(CC(C3)C1)C2. The first kappa shape index (κ1) is 28.1. The first-order valence-electron chi connectivity index (χ1n) is 13.2. The summed E-state index contributed by atoms with van der Waals surface area (Å²) in [5.41, 5.74) is -2.95. The van der Waals surface area contributed by atoms with Crippen LogP contribution in [-0.4, -0.2) is 32.4 Å². The van der Waals surface area contributed by atoms with Crippen molar-refractivity contribution in [3.8, 4) is 0 Å². The molecule has 0 heterocycles. The minimum atomic E-state index is -4.52. The van der Waals surface area contributed by atoms with Crippen molar-refractivity contribution in [1.29, 1.82) is 0 Å². The molecule has 0 aromatic heterocycles. The van der Waals surface area contributed by atoms with Gasteiger partial charge in [0.25, 0.3) is 16.5 Å². The van der Waals surface area contributed by atoms with Crippen LogP contribution < -0.4 is 0 Å². The van der Waals surface area contributed by atoms with E-state index < -0.39 is 56.4 Å². The van der Waals surface area contributed by atoms with Crippen molar-refractivity contribution < 1.29 is 35.7 Å². The molecule has 37 heavy (non-hydrogen) atoms. The maximum Gasteiger partial charge on any atom is 0.322 e. The Morgan fingerprint density at radius 3 is 2.05 bits per heavy atom. The van der Waals surface area contributed by atoms with Gasteiger partial charge < -0.3 is 4.74 Å². The second kappa shape index (κ2) is 9.70. The van der Waals surface area contributed by atoms with Gasteiger partial charge in [-0.15, -0.1) is 0 Å². The highest BCUT2D eigenvalue weighted by molar-refractivity contribution is 7.86. The Morgan fingerprint density at radius 1 is 1.05 bits per heavy atom. The van der Waals surface area contributed by atoms with Gasteiger partial charge in [0.2, 0.25) is 0 Å².